The van der Waals surface area contributed by atoms with Crippen molar-refractivity contribution < 1.29 is 13.2 Å². The Morgan fingerprint density at radius 2 is 1.78 bits per heavy atom. The van der Waals surface area contributed by atoms with Gasteiger partial charge in [-0.3, -0.25) is 9.69 Å². The number of hydrogen-bond donors (Lipinski definition) is 1. The molecule has 0 unspecified atom stereocenters. The van der Waals surface area contributed by atoms with E-state index in [4.69, 9.17) is 11.6 Å². The number of hydrogen-bond acceptors (Lipinski definition) is 4. The summed E-state index contributed by atoms with van der Waals surface area (Å²) >= 11 is 6.16. The average Bonchev–Trinajstić information content (AvgIpc) is 3.13. The highest BCUT2D eigenvalue weighted by Gasteiger charge is 2.28. The second-order valence-corrected chi connectivity index (χ2v) is 9.78. The Hall–Kier alpha value is -1.15. The summed E-state index contributed by atoms with van der Waals surface area (Å²) in [6.45, 7) is 10.7. The molecule has 8 heteroatoms. The maximum atomic E-state index is 12.7. The lowest BCUT2D eigenvalue weighted by atomic mass is 10.2. The molecule has 0 radical (unpaired) electrons. The number of benzene rings is 1. The van der Waals surface area contributed by atoms with Gasteiger partial charge in [-0.05, 0) is 58.7 Å². The van der Waals surface area contributed by atoms with E-state index in [9.17, 15) is 13.2 Å². The van der Waals surface area contributed by atoms with E-state index in [0.29, 0.717) is 38.3 Å². The molecular formula is C19H30ClN3O3S. The molecule has 1 aromatic carbocycles. The van der Waals surface area contributed by atoms with Gasteiger partial charge < -0.3 is 5.32 Å². The van der Waals surface area contributed by atoms with Crippen LogP contribution < -0.4 is 5.32 Å². The summed E-state index contributed by atoms with van der Waals surface area (Å²) in [6, 6.07) is 5.08. The normalized spacial score (nSPS) is 15.9. The Labute approximate surface area is 167 Å². The van der Waals surface area contributed by atoms with Crippen molar-refractivity contribution in [3.63, 3.8) is 0 Å². The van der Waals surface area contributed by atoms with Crippen LogP contribution in [0.5, 0.6) is 0 Å². The molecule has 1 saturated heterocycles. The van der Waals surface area contributed by atoms with Crippen molar-refractivity contribution in [1.82, 2.24) is 14.5 Å². The molecule has 1 fully saturated rings. The molecule has 1 aliphatic heterocycles. The van der Waals surface area contributed by atoms with Gasteiger partial charge in [0.1, 0.15) is 0 Å². The fourth-order valence-corrected chi connectivity index (χ4v) is 5.17. The van der Waals surface area contributed by atoms with E-state index in [1.54, 1.807) is 0 Å². The van der Waals surface area contributed by atoms with E-state index >= 15 is 0 Å². The fourth-order valence-electron chi connectivity index (χ4n) is 3.42. The SMILES string of the molecule is CC(C)N(CCNC(=O)c1cc(S(=O)(=O)N2CCCC2)ccc1Cl)C(C)C. The molecule has 1 N–H and O–H groups in total. The lowest BCUT2D eigenvalue weighted by molar-refractivity contribution is 0.0939. The van der Waals surface area contributed by atoms with Crippen LogP contribution in [0, 0.1) is 0 Å². The summed E-state index contributed by atoms with van der Waals surface area (Å²) in [4.78, 5) is 15.0. The Bertz CT molecular complexity index is 751. The largest absolute Gasteiger partial charge is 0.351 e. The second-order valence-electron chi connectivity index (χ2n) is 7.43. The first-order valence-corrected chi connectivity index (χ1v) is 11.3. The smallest absolute Gasteiger partial charge is 0.252 e. The highest BCUT2D eigenvalue weighted by atomic mass is 35.5. The van der Waals surface area contributed by atoms with Gasteiger partial charge >= 0.3 is 0 Å². The first kappa shape index (κ1) is 22.1. The molecule has 1 heterocycles. The van der Waals surface area contributed by atoms with Gasteiger partial charge in [-0.15, -0.1) is 0 Å². The van der Waals surface area contributed by atoms with Crippen molar-refractivity contribution >= 4 is 27.5 Å². The van der Waals surface area contributed by atoms with Crippen LogP contribution in [0.4, 0.5) is 0 Å². The van der Waals surface area contributed by atoms with Crippen LogP contribution in [0.3, 0.4) is 0 Å². The van der Waals surface area contributed by atoms with Crippen LogP contribution in [0.15, 0.2) is 23.1 Å². The molecule has 2 rings (SSSR count). The third-order valence-electron chi connectivity index (χ3n) is 4.87. The van der Waals surface area contributed by atoms with Gasteiger partial charge in [0.2, 0.25) is 10.0 Å². The number of sulfonamides is 1. The minimum atomic E-state index is -3.58. The summed E-state index contributed by atoms with van der Waals surface area (Å²) in [5.41, 5.74) is 0.192. The van der Waals surface area contributed by atoms with Gasteiger partial charge in [-0.1, -0.05) is 11.6 Å². The molecular weight excluding hydrogens is 386 g/mol. The third kappa shape index (κ3) is 5.44. The van der Waals surface area contributed by atoms with Crippen LogP contribution in [-0.4, -0.2) is 61.8 Å². The van der Waals surface area contributed by atoms with Crippen LogP contribution in [0.25, 0.3) is 0 Å². The number of carbonyl (C=O) groups is 1. The van der Waals surface area contributed by atoms with Gasteiger partial charge in [0.05, 0.1) is 15.5 Å². The van der Waals surface area contributed by atoms with Gasteiger partial charge in [0.25, 0.3) is 5.91 Å². The Kier molecular flexibility index (Phi) is 7.68. The summed E-state index contributed by atoms with van der Waals surface area (Å²) in [5, 5.41) is 3.10. The van der Waals surface area contributed by atoms with E-state index in [0.717, 1.165) is 12.8 Å². The molecule has 0 bridgehead atoms. The maximum absolute atomic E-state index is 12.7. The number of amides is 1. The molecule has 6 nitrogen and oxygen atoms in total. The van der Waals surface area contributed by atoms with E-state index in [1.165, 1.54) is 22.5 Å². The molecule has 0 aliphatic carbocycles. The minimum absolute atomic E-state index is 0.116. The highest BCUT2D eigenvalue weighted by molar-refractivity contribution is 7.89. The van der Waals surface area contributed by atoms with Crippen LogP contribution in [-0.2, 0) is 10.0 Å². The van der Waals surface area contributed by atoms with E-state index < -0.39 is 10.0 Å². The summed E-state index contributed by atoms with van der Waals surface area (Å²) in [5.74, 6) is -0.356. The Morgan fingerprint density at radius 3 is 2.33 bits per heavy atom. The first-order chi connectivity index (χ1) is 12.6. The maximum Gasteiger partial charge on any atom is 0.252 e. The molecule has 1 amide bonds. The zero-order valence-electron chi connectivity index (χ0n) is 16.5. The van der Waals surface area contributed by atoms with Crippen LogP contribution >= 0.6 is 11.6 Å². The first-order valence-electron chi connectivity index (χ1n) is 9.48. The predicted octanol–water partition coefficient (Wildman–Crippen LogP) is 2.97. The average molecular weight is 416 g/mol. The Balaban J connectivity index is 2.10. The third-order valence-corrected chi connectivity index (χ3v) is 7.09. The monoisotopic (exact) mass is 415 g/mol. The quantitative estimate of drug-likeness (QED) is 0.708. The lowest BCUT2D eigenvalue weighted by Gasteiger charge is -2.30. The number of rotatable bonds is 8. The lowest BCUT2D eigenvalue weighted by Crippen LogP contribution is -2.42. The number of nitrogens with one attached hydrogen (secondary N) is 1. The Morgan fingerprint density at radius 1 is 1.19 bits per heavy atom. The summed E-state index contributed by atoms with van der Waals surface area (Å²) in [6.07, 6.45) is 1.73. The topological polar surface area (TPSA) is 69.7 Å². The molecule has 0 spiro atoms. The molecule has 0 atom stereocenters. The van der Waals surface area contributed by atoms with Crippen molar-refractivity contribution in [1.29, 1.82) is 0 Å². The van der Waals surface area contributed by atoms with E-state index in [2.05, 4.69) is 37.9 Å². The molecule has 0 saturated carbocycles. The highest BCUT2D eigenvalue weighted by Crippen LogP contribution is 2.25. The number of halogens is 1. The van der Waals surface area contributed by atoms with Crippen LogP contribution in [0.2, 0.25) is 5.02 Å². The zero-order chi connectivity index (χ0) is 20.2. The number of nitrogens with zero attached hydrogens (tertiary/aromatic N) is 2. The molecule has 1 aliphatic rings. The van der Waals surface area contributed by atoms with Crippen molar-refractivity contribution in [3.05, 3.63) is 28.8 Å². The van der Waals surface area contributed by atoms with Gasteiger partial charge in [-0.25, -0.2) is 8.42 Å². The van der Waals surface area contributed by atoms with Gasteiger partial charge in [-0.2, -0.15) is 4.31 Å². The van der Waals surface area contributed by atoms with Crippen molar-refractivity contribution in [2.45, 2.75) is 57.5 Å². The standard InChI is InChI=1S/C19H30ClN3O3S/c1-14(2)23(15(3)4)12-9-21-19(24)17-13-16(7-8-18(17)20)27(25,26)22-10-5-6-11-22/h7-8,13-15H,5-6,9-12H2,1-4H3,(H,21,24). The summed E-state index contributed by atoms with van der Waals surface area (Å²) < 4.78 is 26.9. The molecule has 0 aromatic heterocycles. The molecule has 1 aromatic rings. The molecule has 27 heavy (non-hydrogen) atoms. The summed E-state index contributed by atoms with van der Waals surface area (Å²) in [7, 11) is -3.58. The van der Waals surface area contributed by atoms with E-state index in [-0.39, 0.29) is 21.4 Å². The number of carbonyl (C=O) groups excluding carboxylic acids is 1. The van der Waals surface area contributed by atoms with Crippen molar-refractivity contribution in [2.24, 2.45) is 0 Å². The van der Waals surface area contributed by atoms with Crippen LogP contribution in [0.1, 0.15) is 50.9 Å². The second kappa shape index (κ2) is 9.37. The van der Waals surface area contributed by atoms with Gasteiger partial charge in [0, 0.05) is 38.3 Å². The molecule has 152 valence electrons. The predicted molar refractivity (Wildman–Crippen MR) is 109 cm³/mol. The zero-order valence-corrected chi connectivity index (χ0v) is 18.1. The van der Waals surface area contributed by atoms with Gasteiger partial charge in [0.15, 0.2) is 0 Å². The van der Waals surface area contributed by atoms with Crippen molar-refractivity contribution in [2.75, 3.05) is 26.2 Å². The van der Waals surface area contributed by atoms with Crippen molar-refractivity contribution in [3.8, 4) is 0 Å². The fraction of sp³-hybridized carbons (Fsp3) is 0.632. The minimum Gasteiger partial charge on any atom is -0.351 e. The van der Waals surface area contributed by atoms with E-state index in [1.807, 2.05) is 0 Å².